The summed E-state index contributed by atoms with van der Waals surface area (Å²) in [5, 5.41) is 16.0. The Morgan fingerprint density at radius 3 is 2.83 bits per heavy atom. The first-order valence-electron chi connectivity index (χ1n) is 5.14. The zero-order valence-electron chi connectivity index (χ0n) is 9.07. The van der Waals surface area contributed by atoms with Gasteiger partial charge in [0.2, 0.25) is 5.91 Å². The van der Waals surface area contributed by atoms with Gasteiger partial charge in [-0.3, -0.25) is 14.9 Å². The predicted octanol–water partition coefficient (Wildman–Crippen LogP) is 1.69. The summed E-state index contributed by atoms with van der Waals surface area (Å²) in [6.45, 7) is 0.366. The van der Waals surface area contributed by atoms with Crippen LogP contribution in [-0.4, -0.2) is 23.4 Å². The average Bonchev–Trinajstić information content (AvgIpc) is 2.68. The number of rotatable bonds is 3. The molecular weight excluding hydrogens is 265 g/mol. The van der Waals surface area contributed by atoms with Gasteiger partial charge in [0, 0.05) is 13.0 Å². The first-order valence-corrected chi connectivity index (χ1v) is 5.52. The van der Waals surface area contributed by atoms with Crippen LogP contribution in [0.4, 0.5) is 15.8 Å². The van der Waals surface area contributed by atoms with Crippen molar-refractivity contribution < 1.29 is 14.1 Å². The van der Waals surface area contributed by atoms with E-state index in [1.807, 2.05) is 0 Å². The van der Waals surface area contributed by atoms with Crippen LogP contribution in [0.1, 0.15) is 6.42 Å². The fourth-order valence-corrected chi connectivity index (χ4v) is 1.89. The zero-order chi connectivity index (χ0) is 13.3. The molecule has 0 aromatic heterocycles. The third-order valence-electron chi connectivity index (χ3n) is 2.57. The fourth-order valence-electron chi connectivity index (χ4n) is 1.73. The Bertz CT molecular complexity index is 523. The molecule has 0 saturated carbocycles. The Hall–Kier alpha value is -1.89. The second-order valence-electron chi connectivity index (χ2n) is 3.89. The number of hydrogen-bond acceptors (Lipinski definition) is 4. The predicted molar refractivity (Wildman–Crippen MR) is 63.1 cm³/mol. The molecule has 0 spiro atoms. The Kier molecular flexibility index (Phi) is 3.33. The van der Waals surface area contributed by atoms with Crippen LogP contribution in [0.2, 0.25) is 5.02 Å². The van der Waals surface area contributed by atoms with Crippen LogP contribution in [0.25, 0.3) is 0 Å². The second-order valence-corrected chi connectivity index (χ2v) is 4.30. The molecule has 1 aliphatic rings. The van der Waals surface area contributed by atoms with Gasteiger partial charge in [-0.05, 0) is 6.07 Å². The number of amides is 1. The topological polar surface area (TPSA) is 84.3 Å². The minimum atomic E-state index is -0.852. The van der Waals surface area contributed by atoms with Crippen LogP contribution in [0.15, 0.2) is 12.1 Å². The normalized spacial score (nSPS) is 18.6. The second kappa shape index (κ2) is 4.77. The number of nitrogens with one attached hydrogen (secondary N) is 2. The largest absolute Gasteiger partial charge is 0.374 e. The molecule has 0 bridgehead atoms. The van der Waals surface area contributed by atoms with E-state index in [1.165, 1.54) is 0 Å². The minimum Gasteiger partial charge on any atom is -0.374 e. The smallest absolute Gasteiger partial charge is 0.295 e. The molecule has 1 aromatic rings. The molecule has 1 fully saturated rings. The van der Waals surface area contributed by atoms with Gasteiger partial charge in [-0.25, -0.2) is 4.39 Å². The number of hydrogen-bond donors (Lipinski definition) is 2. The Morgan fingerprint density at radius 2 is 2.28 bits per heavy atom. The van der Waals surface area contributed by atoms with E-state index in [0.29, 0.717) is 6.54 Å². The third kappa shape index (κ3) is 2.51. The van der Waals surface area contributed by atoms with E-state index >= 15 is 0 Å². The molecule has 1 unspecified atom stereocenters. The van der Waals surface area contributed by atoms with Crippen LogP contribution >= 0.6 is 11.6 Å². The standard InChI is InChI=1S/C10H9ClFN3O3/c11-6-2-8(9(15(17)18)3-7(6)12)14-5-1-10(16)13-4-5/h2-3,5,14H,1,4H2,(H,13,16). The van der Waals surface area contributed by atoms with Crippen LogP contribution in [0.3, 0.4) is 0 Å². The van der Waals surface area contributed by atoms with E-state index in [1.54, 1.807) is 0 Å². The van der Waals surface area contributed by atoms with Crippen LogP contribution in [0, 0.1) is 15.9 Å². The van der Waals surface area contributed by atoms with E-state index in [4.69, 9.17) is 11.6 Å². The van der Waals surface area contributed by atoms with Gasteiger partial charge in [0.1, 0.15) is 11.5 Å². The average molecular weight is 274 g/mol. The molecule has 18 heavy (non-hydrogen) atoms. The number of nitro benzene ring substituents is 1. The first kappa shape index (κ1) is 12.6. The summed E-state index contributed by atoms with van der Waals surface area (Å²) < 4.78 is 13.2. The monoisotopic (exact) mass is 273 g/mol. The summed E-state index contributed by atoms with van der Waals surface area (Å²) >= 11 is 5.58. The van der Waals surface area contributed by atoms with Crippen LogP contribution in [-0.2, 0) is 4.79 Å². The molecule has 0 aliphatic carbocycles. The molecule has 1 atom stereocenters. The summed E-state index contributed by atoms with van der Waals surface area (Å²) in [6.07, 6.45) is 0.214. The zero-order valence-corrected chi connectivity index (χ0v) is 9.83. The molecular formula is C10H9ClFN3O3. The van der Waals surface area contributed by atoms with Crippen molar-refractivity contribution in [3.8, 4) is 0 Å². The van der Waals surface area contributed by atoms with Gasteiger partial charge >= 0.3 is 0 Å². The van der Waals surface area contributed by atoms with Gasteiger partial charge < -0.3 is 10.6 Å². The molecule has 6 nitrogen and oxygen atoms in total. The van der Waals surface area contributed by atoms with Gasteiger partial charge in [0.05, 0.1) is 22.1 Å². The molecule has 2 rings (SSSR count). The first-order chi connectivity index (χ1) is 8.47. The van der Waals surface area contributed by atoms with Gasteiger partial charge in [0.15, 0.2) is 0 Å². The summed E-state index contributed by atoms with van der Waals surface area (Å²) in [5.41, 5.74) is -0.302. The quantitative estimate of drug-likeness (QED) is 0.648. The fraction of sp³-hybridized carbons (Fsp3) is 0.300. The maximum Gasteiger partial charge on any atom is 0.295 e. The number of carbonyl (C=O) groups is 1. The van der Waals surface area contributed by atoms with Crippen molar-refractivity contribution in [1.82, 2.24) is 5.32 Å². The lowest BCUT2D eigenvalue weighted by Crippen LogP contribution is -2.22. The molecule has 2 N–H and O–H groups in total. The van der Waals surface area contributed by atoms with Crippen molar-refractivity contribution in [3.63, 3.8) is 0 Å². The number of anilines is 1. The highest BCUT2D eigenvalue weighted by atomic mass is 35.5. The molecule has 1 amide bonds. The highest BCUT2D eigenvalue weighted by Gasteiger charge is 2.25. The van der Waals surface area contributed by atoms with E-state index in [9.17, 15) is 19.3 Å². The highest BCUT2D eigenvalue weighted by Crippen LogP contribution is 2.31. The van der Waals surface area contributed by atoms with E-state index in [-0.39, 0.29) is 29.1 Å². The van der Waals surface area contributed by atoms with Crippen molar-refractivity contribution in [1.29, 1.82) is 0 Å². The molecule has 96 valence electrons. The minimum absolute atomic E-state index is 0.105. The number of carbonyl (C=O) groups excluding carboxylic acids is 1. The maximum absolute atomic E-state index is 13.2. The number of benzene rings is 1. The molecule has 1 aromatic carbocycles. The Labute approximate surface area is 106 Å². The van der Waals surface area contributed by atoms with Crippen molar-refractivity contribution in [3.05, 3.63) is 33.1 Å². The van der Waals surface area contributed by atoms with E-state index < -0.39 is 16.4 Å². The SMILES string of the molecule is O=C1CC(Nc2cc(Cl)c(F)cc2[N+](=O)[O-])CN1. The van der Waals surface area contributed by atoms with Crippen molar-refractivity contribution >= 4 is 28.9 Å². The van der Waals surface area contributed by atoms with E-state index in [0.717, 1.165) is 12.1 Å². The summed E-state index contributed by atoms with van der Waals surface area (Å²) in [4.78, 5) is 21.1. The van der Waals surface area contributed by atoms with Gasteiger partial charge in [0.25, 0.3) is 5.69 Å². The lowest BCUT2D eigenvalue weighted by atomic mass is 10.2. The number of nitro groups is 1. The summed E-state index contributed by atoms with van der Waals surface area (Å²) in [6, 6.07) is 1.64. The van der Waals surface area contributed by atoms with Crippen LogP contribution < -0.4 is 10.6 Å². The molecule has 1 aliphatic heterocycles. The van der Waals surface area contributed by atoms with Crippen LogP contribution in [0.5, 0.6) is 0 Å². The van der Waals surface area contributed by atoms with Crippen molar-refractivity contribution in [2.24, 2.45) is 0 Å². The van der Waals surface area contributed by atoms with Crippen molar-refractivity contribution in [2.45, 2.75) is 12.5 Å². The van der Waals surface area contributed by atoms with Crippen molar-refractivity contribution in [2.75, 3.05) is 11.9 Å². The lowest BCUT2D eigenvalue weighted by molar-refractivity contribution is -0.384. The highest BCUT2D eigenvalue weighted by molar-refractivity contribution is 6.31. The van der Waals surface area contributed by atoms with Gasteiger partial charge in [-0.1, -0.05) is 11.6 Å². The van der Waals surface area contributed by atoms with Gasteiger partial charge in [-0.2, -0.15) is 0 Å². The summed E-state index contributed by atoms with van der Waals surface area (Å²) in [5.74, 6) is -0.988. The Balaban J connectivity index is 2.28. The molecule has 1 saturated heterocycles. The number of nitrogens with zero attached hydrogens (tertiary/aromatic N) is 1. The number of halogens is 2. The van der Waals surface area contributed by atoms with E-state index in [2.05, 4.69) is 10.6 Å². The Morgan fingerprint density at radius 1 is 1.56 bits per heavy atom. The summed E-state index contributed by atoms with van der Waals surface area (Å²) in [7, 11) is 0. The maximum atomic E-state index is 13.2. The molecule has 0 radical (unpaired) electrons. The molecule has 8 heteroatoms. The third-order valence-corrected chi connectivity index (χ3v) is 2.86. The molecule has 1 heterocycles. The lowest BCUT2D eigenvalue weighted by Gasteiger charge is -2.12. The van der Waals surface area contributed by atoms with Gasteiger partial charge in [-0.15, -0.1) is 0 Å².